The van der Waals surface area contributed by atoms with Crippen LogP contribution in [0.3, 0.4) is 0 Å². The van der Waals surface area contributed by atoms with Crippen molar-refractivity contribution in [2.75, 3.05) is 45.3 Å². The second-order valence-corrected chi connectivity index (χ2v) is 5.93. The molecule has 1 aromatic heterocycles. The molecule has 1 aliphatic rings. The molecular weight excluding hydrogens is 344 g/mol. The van der Waals surface area contributed by atoms with E-state index < -0.39 is 0 Å². The zero-order valence-corrected chi connectivity index (χ0v) is 14.9. The lowest BCUT2D eigenvalue weighted by Gasteiger charge is -2.34. The van der Waals surface area contributed by atoms with E-state index >= 15 is 0 Å². The first kappa shape index (κ1) is 17.3. The van der Waals surface area contributed by atoms with Gasteiger partial charge >= 0.3 is 0 Å². The highest BCUT2D eigenvalue weighted by molar-refractivity contribution is 6.32. The molecule has 1 aromatic carbocycles. The number of aromatic nitrogens is 2. The van der Waals surface area contributed by atoms with Gasteiger partial charge in [-0.1, -0.05) is 11.6 Å². The Morgan fingerprint density at radius 2 is 1.76 bits per heavy atom. The van der Waals surface area contributed by atoms with E-state index in [2.05, 4.69) is 14.9 Å². The Balaban J connectivity index is 1.72. The third kappa shape index (κ3) is 3.61. The van der Waals surface area contributed by atoms with Crippen molar-refractivity contribution >= 4 is 23.5 Å². The second-order valence-electron chi connectivity index (χ2n) is 5.52. The van der Waals surface area contributed by atoms with Gasteiger partial charge < -0.3 is 19.3 Å². The number of benzene rings is 1. The molecule has 0 saturated carbocycles. The van der Waals surface area contributed by atoms with E-state index in [1.165, 1.54) is 14.2 Å². The van der Waals surface area contributed by atoms with Crippen molar-refractivity contribution in [1.82, 2.24) is 14.9 Å². The number of amides is 1. The molecule has 25 heavy (non-hydrogen) atoms. The van der Waals surface area contributed by atoms with Crippen LogP contribution in [-0.4, -0.2) is 61.2 Å². The number of hydrogen-bond donors (Lipinski definition) is 0. The number of anilines is 1. The van der Waals surface area contributed by atoms with Gasteiger partial charge in [0.05, 0.1) is 19.2 Å². The van der Waals surface area contributed by atoms with Crippen molar-refractivity contribution in [3.63, 3.8) is 0 Å². The monoisotopic (exact) mass is 362 g/mol. The second kappa shape index (κ2) is 7.57. The molecule has 1 aliphatic heterocycles. The molecule has 1 amide bonds. The fraction of sp³-hybridized carbons (Fsp3) is 0.353. The summed E-state index contributed by atoms with van der Waals surface area (Å²) in [6, 6.07) is 5.04. The van der Waals surface area contributed by atoms with E-state index in [0.29, 0.717) is 54.2 Å². The van der Waals surface area contributed by atoms with Crippen molar-refractivity contribution in [3.05, 3.63) is 41.2 Å². The maximum absolute atomic E-state index is 12.8. The molecular formula is C17H19ClN4O3. The molecule has 3 rings (SSSR count). The van der Waals surface area contributed by atoms with Crippen molar-refractivity contribution in [2.45, 2.75) is 0 Å². The maximum atomic E-state index is 12.8. The van der Waals surface area contributed by atoms with Gasteiger partial charge in [-0.3, -0.25) is 4.79 Å². The lowest BCUT2D eigenvalue weighted by atomic mass is 10.1. The first-order valence-corrected chi connectivity index (χ1v) is 8.24. The van der Waals surface area contributed by atoms with Gasteiger partial charge in [0.15, 0.2) is 11.5 Å². The number of carbonyl (C=O) groups is 1. The van der Waals surface area contributed by atoms with Crippen molar-refractivity contribution in [3.8, 4) is 11.5 Å². The molecule has 2 heterocycles. The largest absolute Gasteiger partial charge is 0.493 e. The number of nitrogens with zero attached hydrogens (tertiary/aromatic N) is 4. The van der Waals surface area contributed by atoms with Crippen LogP contribution >= 0.6 is 11.6 Å². The van der Waals surface area contributed by atoms with Gasteiger partial charge in [0.25, 0.3) is 5.91 Å². The van der Waals surface area contributed by atoms with Gasteiger partial charge in [0, 0.05) is 44.1 Å². The van der Waals surface area contributed by atoms with Crippen LogP contribution in [0.2, 0.25) is 5.02 Å². The molecule has 0 spiro atoms. The van der Waals surface area contributed by atoms with Gasteiger partial charge in [-0.05, 0) is 18.2 Å². The molecule has 0 atom stereocenters. The molecule has 132 valence electrons. The normalized spacial score (nSPS) is 14.4. The average molecular weight is 363 g/mol. The minimum Gasteiger partial charge on any atom is -0.493 e. The van der Waals surface area contributed by atoms with Gasteiger partial charge in [-0.2, -0.15) is 0 Å². The molecule has 0 radical (unpaired) electrons. The highest BCUT2D eigenvalue weighted by Gasteiger charge is 2.25. The smallest absolute Gasteiger partial charge is 0.254 e. The lowest BCUT2D eigenvalue weighted by Crippen LogP contribution is -2.49. The molecule has 8 heteroatoms. The van der Waals surface area contributed by atoms with Crippen LogP contribution in [0.5, 0.6) is 11.5 Å². The number of hydrogen-bond acceptors (Lipinski definition) is 6. The van der Waals surface area contributed by atoms with Gasteiger partial charge in [0.1, 0.15) is 0 Å². The molecule has 0 unspecified atom stereocenters. The molecule has 1 saturated heterocycles. The number of rotatable bonds is 4. The number of methoxy groups -OCH3 is 2. The molecule has 1 fully saturated rings. The first-order valence-electron chi connectivity index (χ1n) is 7.86. The Hall–Kier alpha value is -2.54. The zero-order valence-electron chi connectivity index (χ0n) is 14.1. The topological polar surface area (TPSA) is 67.8 Å². The van der Waals surface area contributed by atoms with Gasteiger partial charge in [-0.25, -0.2) is 9.97 Å². The molecule has 7 nitrogen and oxygen atoms in total. The summed E-state index contributed by atoms with van der Waals surface area (Å²) >= 11 is 6.20. The van der Waals surface area contributed by atoms with Crippen LogP contribution in [0.1, 0.15) is 10.4 Å². The van der Waals surface area contributed by atoms with E-state index in [0.717, 1.165) is 0 Å². The summed E-state index contributed by atoms with van der Waals surface area (Å²) in [5, 5.41) is 0.349. The summed E-state index contributed by atoms with van der Waals surface area (Å²) in [5.41, 5.74) is 0.479. The van der Waals surface area contributed by atoms with E-state index in [9.17, 15) is 4.79 Å². The summed E-state index contributed by atoms with van der Waals surface area (Å²) in [6.07, 6.45) is 3.43. The van der Waals surface area contributed by atoms with Crippen molar-refractivity contribution < 1.29 is 14.3 Å². The zero-order chi connectivity index (χ0) is 17.8. The van der Waals surface area contributed by atoms with Crippen molar-refractivity contribution in [1.29, 1.82) is 0 Å². The van der Waals surface area contributed by atoms with Crippen LogP contribution in [-0.2, 0) is 0 Å². The average Bonchev–Trinajstić information content (AvgIpc) is 2.67. The quantitative estimate of drug-likeness (QED) is 0.829. The van der Waals surface area contributed by atoms with E-state index in [1.54, 1.807) is 35.5 Å². The predicted octanol–water partition coefficient (Wildman–Crippen LogP) is 2.11. The van der Waals surface area contributed by atoms with Crippen LogP contribution in [0.25, 0.3) is 0 Å². The molecule has 0 aliphatic carbocycles. The summed E-state index contributed by atoms with van der Waals surface area (Å²) in [5.74, 6) is 1.46. The summed E-state index contributed by atoms with van der Waals surface area (Å²) in [4.78, 5) is 25.1. The number of piperazine rings is 1. The van der Waals surface area contributed by atoms with E-state index in [-0.39, 0.29) is 5.91 Å². The van der Waals surface area contributed by atoms with Crippen LogP contribution < -0.4 is 14.4 Å². The Kier molecular flexibility index (Phi) is 5.23. The highest BCUT2D eigenvalue weighted by Crippen LogP contribution is 2.36. The Labute approximate surface area is 151 Å². The van der Waals surface area contributed by atoms with E-state index in [4.69, 9.17) is 21.1 Å². The third-order valence-corrected chi connectivity index (χ3v) is 4.36. The van der Waals surface area contributed by atoms with Crippen molar-refractivity contribution in [2.24, 2.45) is 0 Å². The molecule has 0 N–H and O–H groups in total. The first-order chi connectivity index (χ1) is 12.1. The minimum atomic E-state index is -0.0866. The highest BCUT2D eigenvalue weighted by atomic mass is 35.5. The number of halogens is 1. The van der Waals surface area contributed by atoms with E-state index in [1.807, 2.05) is 0 Å². The number of carbonyl (C=O) groups excluding carboxylic acids is 1. The van der Waals surface area contributed by atoms with Crippen LogP contribution in [0, 0.1) is 0 Å². The van der Waals surface area contributed by atoms with Gasteiger partial charge in [0.2, 0.25) is 5.95 Å². The maximum Gasteiger partial charge on any atom is 0.254 e. The Morgan fingerprint density at radius 3 is 2.36 bits per heavy atom. The summed E-state index contributed by atoms with van der Waals surface area (Å²) in [7, 11) is 3.02. The summed E-state index contributed by atoms with van der Waals surface area (Å²) < 4.78 is 10.5. The van der Waals surface area contributed by atoms with Crippen LogP contribution in [0.4, 0.5) is 5.95 Å². The summed E-state index contributed by atoms with van der Waals surface area (Å²) in [6.45, 7) is 2.53. The van der Waals surface area contributed by atoms with Crippen LogP contribution in [0.15, 0.2) is 30.6 Å². The SMILES string of the molecule is COc1cc(C(=O)N2CCN(c3ncccn3)CC2)cc(Cl)c1OC. The molecule has 0 bridgehead atoms. The minimum absolute atomic E-state index is 0.0866. The Bertz CT molecular complexity index is 749. The number of ether oxygens (including phenoxy) is 2. The lowest BCUT2D eigenvalue weighted by molar-refractivity contribution is 0.0746. The fourth-order valence-electron chi connectivity index (χ4n) is 2.79. The third-order valence-electron chi connectivity index (χ3n) is 4.08. The fourth-order valence-corrected chi connectivity index (χ4v) is 3.08. The Morgan fingerprint density at radius 1 is 1.08 bits per heavy atom. The predicted molar refractivity (Wildman–Crippen MR) is 94.7 cm³/mol. The van der Waals surface area contributed by atoms with Gasteiger partial charge in [-0.15, -0.1) is 0 Å². The molecule has 2 aromatic rings. The standard InChI is InChI=1S/C17H19ClN4O3/c1-24-14-11-12(10-13(18)15(14)25-2)16(23)21-6-8-22(9-7-21)17-19-4-3-5-20-17/h3-5,10-11H,6-9H2,1-2H3.